The van der Waals surface area contributed by atoms with E-state index in [0.29, 0.717) is 67.3 Å². The lowest BCUT2D eigenvalue weighted by molar-refractivity contribution is -0.151. The van der Waals surface area contributed by atoms with Gasteiger partial charge in [-0.3, -0.25) is 43.9 Å². The van der Waals surface area contributed by atoms with Crippen molar-refractivity contribution in [2.75, 3.05) is 44.6 Å². The summed E-state index contributed by atoms with van der Waals surface area (Å²) in [4.78, 5) is 86.5. The predicted octanol–water partition coefficient (Wildman–Crippen LogP) is 2.79. The minimum Gasteiger partial charge on any atom is -0.388 e. The Bertz CT molecular complexity index is 2310. The largest absolute Gasteiger partial charge is 0.388 e. The Morgan fingerprint density at radius 2 is 1.78 bits per heavy atom. The highest BCUT2D eigenvalue weighted by molar-refractivity contribution is 6.34. The maximum Gasteiger partial charge on any atom is 0.255 e. The van der Waals surface area contributed by atoms with E-state index in [2.05, 4.69) is 41.8 Å². The molecule has 3 saturated heterocycles. The van der Waals surface area contributed by atoms with Crippen molar-refractivity contribution in [1.82, 2.24) is 41.3 Å². The van der Waals surface area contributed by atoms with Gasteiger partial charge in [0.05, 0.1) is 22.5 Å². The smallest absolute Gasteiger partial charge is 0.255 e. The van der Waals surface area contributed by atoms with Gasteiger partial charge in [-0.15, -0.1) is 0 Å². The van der Waals surface area contributed by atoms with Crippen molar-refractivity contribution in [3.05, 3.63) is 112 Å². The van der Waals surface area contributed by atoms with E-state index in [1.165, 1.54) is 6.20 Å². The highest BCUT2D eigenvalue weighted by Crippen LogP contribution is 2.37. The molecule has 6 amide bonds. The average Bonchev–Trinajstić information content (AvgIpc) is 3.54. The lowest BCUT2D eigenvalue weighted by Gasteiger charge is -2.35. The number of imide groups is 2. The number of amidine groups is 1. The second-order valence-corrected chi connectivity index (χ2v) is 16.7. The number of nitrogens with one attached hydrogen (secondary N) is 6. The van der Waals surface area contributed by atoms with Crippen LogP contribution in [0.1, 0.15) is 44.9 Å². The van der Waals surface area contributed by atoms with Gasteiger partial charge < -0.3 is 31.5 Å². The number of likely N-dealkylation sites (tertiary alicyclic amines) is 1. The van der Waals surface area contributed by atoms with Crippen LogP contribution in [0, 0.1) is 11.8 Å². The summed E-state index contributed by atoms with van der Waals surface area (Å²) >= 11 is 6.17. The van der Waals surface area contributed by atoms with E-state index in [1.54, 1.807) is 60.7 Å². The molecule has 63 heavy (non-hydrogen) atoms. The number of carbonyl (C=O) groups is 6. The maximum absolute atomic E-state index is 14.8. The van der Waals surface area contributed by atoms with Crippen molar-refractivity contribution in [2.24, 2.45) is 16.8 Å². The first-order valence-corrected chi connectivity index (χ1v) is 21.8. The van der Waals surface area contributed by atoms with Gasteiger partial charge in [-0.25, -0.2) is 9.38 Å². The number of fused-ring (bicyclic) bond motifs is 1. The van der Waals surface area contributed by atoms with Crippen LogP contribution < -0.4 is 31.9 Å². The van der Waals surface area contributed by atoms with E-state index in [-0.39, 0.29) is 36.5 Å². The number of nitrogens with zero attached hydrogens (tertiary/aromatic N) is 4. The van der Waals surface area contributed by atoms with Crippen molar-refractivity contribution in [3.63, 3.8) is 0 Å². The zero-order valence-electron chi connectivity index (χ0n) is 34.6. The van der Waals surface area contributed by atoms with Crippen LogP contribution in [-0.2, 0) is 28.8 Å². The van der Waals surface area contributed by atoms with Crippen molar-refractivity contribution < 1.29 is 33.2 Å². The summed E-state index contributed by atoms with van der Waals surface area (Å²) in [6.07, 6.45) is 18.3. The van der Waals surface area contributed by atoms with Gasteiger partial charge in [-0.2, -0.15) is 0 Å². The number of piperazine rings is 1. The summed E-state index contributed by atoms with van der Waals surface area (Å²) in [6.45, 7) is 4.15. The molecule has 0 saturated carbocycles. The number of hydrogen-bond donors (Lipinski definition) is 6. The number of benzene rings is 1. The number of rotatable bonds is 13. The Morgan fingerprint density at radius 3 is 2.52 bits per heavy atom. The number of anilines is 1. The summed E-state index contributed by atoms with van der Waals surface area (Å²) in [7, 11) is 0. The van der Waals surface area contributed by atoms with E-state index >= 15 is 0 Å². The quantitative estimate of drug-likeness (QED) is 0.126. The highest BCUT2D eigenvalue weighted by atomic mass is 35.5. The molecule has 330 valence electrons. The lowest BCUT2D eigenvalue weighted by atomic mass is 9.88. The Morgan fingerprint density at radius 1 is 0.952 bits per heavy atom. The first kappa shape index (κ1) is 43.3. The van der Waals surface area contributed by atoms with Crippen LogP contribution >= 0.6 is 11.6 Å². The van der Waals surface area contributed by atoms with E-state index in [9.17, 15) is 33.2 Å². The van der Waals surface area contributed by atoms with Crippen molar-refractivity contribution in [2.45, 2.75) is 63.3 Å². The van der Waals surface area contributed by atoms with Gasteiger partial charge >= 0.3 is 0 Å². The molecule has 1 aromatic rings. The van der Waals surface area contributed by atoms with E-state index < -0.39 is 53.6 Å². The molecule has 1 aromatic carbocycles. The molecule has 0 aromatic heterocycles. The van der Waals surface area contributed by atoms with Crippen molar-refractivity contribution in [3.8, 4) is 0 Å². The van der Waals surface area contributed by atoms with Gasteiger partial charge in [-0.1, -0.05) is 65.8 Å². The molecule has 4 heterocycles. The first-order chi connectivity index (χ1) is 30.5. The zero-order chi connectivity index (χ0) is 44.0. The van der Waals surface area contributed by atoms with Crippen LogP contribution in [-0.4, -0.2) is 114 Å². The highest BCUT2D eigenvalue weighted by Gasteiger charge is 2.53. The Hall–Kier alpha value is -6.33. The molecule has 5 atom stereocenters. The summed E-state index contributed by atoms with van der Waals surface area (Å²) < 4.78 is 14.8. The number of amides is 6. The maximum atomic E-state index is 14.8. The standard InChI is InChI=1S/C45H50ClFN10O6/c46-32-6-1-2-7-34(32)52-41(60)28-11-15-29(16-12-28)50-40-33(47)26-49-45(54-40)51-30-13-9-27(10-14-30)25-38(59)56-23-21-55(22-24-56)20-4-19-48-35-8-3-5-31-39(35)44(63)57(43(31)62)36-17-18-37(58)53-42(36)61/h1-3,5-9,11-13,15,26,29,31,36,39,45,48-49,51H,4,10,14,16-25H2,(H,50,54)(H,52,60)(H,53,58,61). The molecule has 6 N–H and O–H groups in total. The van der Waals surface area contributed by atoms with E-state index in [1.807, 2.05) is 17.1 Å². The molecule has 3 aliphatic carbocycles. The third kappa shape index (κ3) is 10.2. The number of hydrogen-bond acceptors (Lipinski definition) is 12. The molecule has 3 fully saturated rings. The minimum atomic E-state index is -0.976. The van der Waals surface area contributed by atoms with Crippen LogP contribution in [0.25, 0.3) is 0 Å². The molecule has 7 aliphatic rings. The van der Waals surface area contributed by atoms with Gasteiger partial charge in [0.25, 0.3) is 5.91 Å². The third-order valence-corrected chi connectivity index (χ3v) is 12.5. The summed E-state index contributed by atoms with van der Waals surface area (Å²) in [5, 5.41) is 18.2. The van der Waals surface area contributed by atoms with E-state index in [4.69, 9.17) is 11.6 Å². The number of piperidine rings is 1. The van der Waals surface area contributed by atoms with Gasteiger partial charge in [0.1, 0.15) is 6.04 Å². The number of para-hydroxylation sites is 1. The molecule has 4 aliphatic heterocycles. The predicted molar refractivity (Wildman–Crippen MR) is 233 cm³/mol. The first-order valence-electron chi connectivity index (χ1n) is 21.4. The monoisotopic (exact) mass is 880 g/mol. The van der Waals surface area contributed by atoms with Gasteiger partial charge in [-0.05, 0) is 62.9 Å². The number of allylic oxidation sites excluding steroid dienone is 5. The number of halogens is 2. The molecule has 8 rings (SSSR count). The van der Waals surface area contributed by atoms with E-state index in [0.717, 1.165) is 42.2 Å². The fourth-order valence-electron chi connectivity index (χ4n) is 8.67. The van der Waals surface area contributed by atoms with Gasteiger partial charge in [0.15, 0.2) is 18.0 Å². The molecular weight excluding hydrogens is 831 g/mol. The number of aliphatic imine (C=N–C) groups is 1. The third-order valence-electron chi connectivity index (χ3n) is 12.1. The van der Waals surface area contributed by atoms with Crippen molar-refractivity contribution >= 4 is 58.6 Å². The second kappa shape index (κ2) is 19.4. The van der Waals surface area contributed by atoms with Crippen LogP contribution in [0.15, 0.2) is 112 Å². The molecule has 0 radical (unpaired) electrons. The zero-order valence-corrected chi connectivity index (χ0v) is 35.3. The topological polar surface area (TPSA) is 197 Å². The van der Waals surface area contributed by atoms with Crippen LogP contribution in [0.3, 0.4) is 0 Å². The normalized spacial score (nSPS) is 26.0. The van der Waals surface area contributed by atoms with Crippen molar-refractivity contribution in [1.29, 1.82) is 0 Å². The molecular formula is C45H50ClFN10O6. The average molecular weight is 881 g/mol. The van der Waals surface area contributed by atoms with Crippen LogP contribution in [0.2, 0.25) is 5.02 Å². The van der Waals surface area contributed by atoms with Crippen LogP contribution in [0.4, 0.5) is 10.1 Å². The number of carbonyl (C=O) groups excluding carboxylic acids is 6. The molecule has 5 unspecified atom stereocenters. The van der Waals surface area contributed by atoms with Gasteiger partial charge in [0.2, 0.25) is 29.5 Å². The Balaban J connectivity index is 0.735. The fourth-order valence-corrected chi connectivity index (χ4v) is 8.85. The molecule has 16 nitrogen and oxygen atoms in total. The second-order valence-electron chi connectivity index (χ2n) is 16.3. The van der Waals surface area contributed by atoms with Gasteiger partial charge in [0, 0.05) is 74.8 Å². The SMILES string of the molecule is O=C1CCC(N2C(=O)C3C=CC=C(NCCCN4CCN(C(=O)CC5=CC=C(NC6N=C(NC7C=CC(C(=O)Nc8ccccc8Cl)=CC7)C(F)=CN6)CC5)CC4)C3C2=O)C(=O)N1. The summed E-state index contributed by atoms with van der Waals surface area (Å²) in [5.74, 6) is -3.88. The fraction of sp³-hybridized carbons (Fsp3) is 0.400. The summed E-state index contributed by atoms with van der Waals surface area (Å²) in [5.41, 5.74) is 3.61. The minimum absolute atomic E-state index is 0.0794. The summed E-state index contributed by atoms with van der Waals surface area (Å²) in [6, 6.07) is 5.76. The lowest BCUT2D eigenvalue weighted by Crippen LogP contribution is -2.54. The Kier molecular flexibility index (Phi) is 13.3. The molecule has 0 spiro atoms. The molecule has 18 heteroatoms. The molecule has 0 bridgehead atoms. The Labute approximate surface area is 369 Å². The van der Waals surface area contributed by atoms with Crippen LogP contribution in [0.5, 0.6) is 0 Å².